The number of esters is 1. The predicted octanol–water partition coefficient (Wildman–Crippen LogP) is 4.92. The van der Waals surface area contributed by atoms with Gasteiger partial charge in [0.15, 0.2) is 0 Å². The second-order valence-corrected chi connectivity index (χ2v) is 6.83. The summed E-state index contributed by atoms with van der Waals surface area (Å²) in [5, 5.41) is 2.23. The molecule has 1 amide bonds. The molecule has 1 aliphatic heterocycles. The normalized spacial score (nSPS) is 16.3. The molecule has 1 aliphatic rings. The van der Waals surface area contributed by atoms with Crippen LogP contribution in [-0.4, -0.2) is 11.9 Å². The van der Waals surface area contributed by atoms with Gasteiger partial charge in [-0.25, -0.2) is 4.79 Å². The molecule has 0 saturated heterocycles. The number of cyclic esters (lactones) is 1. The van der Waals surface area contributed by atoms with Crippen molar-refractivity contribution in [3.8, 4) is 0 Å². The van der Waals surface area contributed by atoms with Gasteiger partial charge in [-0.3, -0.25) is 9.69 Å². The zero-order chi connectivity index (χ0) is 17.4. The molecular formula is C19H12ClNO3S. The topological polar surface area (TPSA) is 46.6 Å². The molecule has 2 heterocycles. The summed E-state index contributed by atoms with van der Waals surface area (Å²) in [4.78, 5) is 27.9. The Morgan fingerprint density at radius 3 is 2.56 bits per heavy atom. The van der Waals surface area contributed by atoms with Crippen molar-refractivity contribution in [2.45, 2.75) is 6.23 Å². The first-order valence-electron chi connectivity index (χ1n) is 7.58. The van der Waals surface area contributed by atoms with E-state index in [2.05, 4.69) is 0 Å². The molecule has 0 saturated carbocycles. The number of benzene rings is 2. The van der Waals surface area contributed by atoms with Gasteiger partial charge in [-0.05, 0) is 35.7 Å². The van der Waals surface area contributed by atoms with E-state index in [-0.39, 0.29) is 5.91 Å². The second kappa shape index (κ2) is 6.35. The van der Waals surface area contributed by atoms with Crippen LogP contribution in [0.1, 0.15) is 31.8 Å². The third-order valence-corrected chi connectivity index (χ3v) is 5.18. The maximum atomic E-state index is 13.3. The van der Waals surface area contributed by atoms with Gasteiger partial charge >= 0.3 is 5.97 Å². The first-order valence-corrected chi connectivity index (χ1v) is 8.84. The number of carbonyl (C=O) groups excluding carboxylic acids is 2. The maximum Gasteiger partial charge on any atom is 0.342 e. The zero-order valence-electron chi connectivity index (χ0n) is 12.9. The number of amides is 1. The molecule has 124 valence electrons. The molecular weight excluding hydrogens is 358 g/mol. The number of rotatable bonds is 2. The Bertz CT molecular complexity index is 955. The first-order chi connectivity index (χ1) is 12.2. The molecule has 1 aromatic heterocycles. The van der Waals surface area contributed by atoms with Crippen LogP contribution in [-0.2, 0) is 4.74 Å². The number of para-hydroxylation sites is 1. The summed E-state index contributed by atoms with van der Waals surface area (Å²) in [6.07, 6.45) is -0.814. The molecule has 0 fully saturated rings. The van der Waals surface area contributed by atoms with Gasteiger partial charge in [0.2, 0.25) is 6.23 Å². The highest BCUT2D eigenvalue weighted by Crippen LogP contribution is 2.39. The minimum absolute atomic E-state index is 0.316. The number of hydrogen-bond acceptors (Lipinski definition) is 4. The molecule has 0 spiro atoms. The Balaban J connectivity index is 1.88. The highest BCUT2D eigenvalue weighted by molar-refractivity contribution is 7.10. The molecule has 1 atom stereocenters. The quantitative estimate of drug-likeness (QED) is 0.602. The molecule has 0 bridgehead atoms. The molecule has 0 N–H and O–H groups in total. The molecule has 2 aromatic carbocycles. The van der Waals surface area contributed by atoms with Crippen molar-refractivity contribution < 1.29 is 14.3 Å². The number of ether oxygens (including phenoxy) is 1. The lowest BCUT2D eigenvalue weighted by atomic mass is 10.1. The van der Waals surface area contributed by atoms with E-state index in [9.17, 15) is 9.59 Å². The summed E-state index contributed by atoms with van der Waals surface area (Å²) < 4.78 is 5.59. The molecule has 4 rings (SSSR count). The summed E-state index contributed by atoms with van der Waals surface area (Å²) in [5.74, 6) is -0.763. The number of halogens is 1. The summed E-state index contributed by atoms with van der Waals surface area (Å²) in [5.41, 5.74) is 1.23. The van der Waals surface area contributed by atoms with Gasteiger partial charge in [0.1, 0.15) is 0 Å². The molecule has 0 aliphatic carbocycles. The van der Waals surface area contributed by atoms with Crippen LogP contribution < -0.4 is 4.90 Å². The number of carbonyl (C=O) groups is 2. The van der Waals surface area contributed by atoms with Crippen LogP contribution >= 0.6 is 22.9 Å². The average Bonchev–Trinajstić information content (AvgIpc) is 3.16. The lowest BCUT2D eigenvalue weighted by Crippen LogP contribution is -2.41. The highest BCUT2D eigenvalue weighted by atomic mass is 35.5. The van der Waals surface area contributed by atoms with Crippen molar-refractivity contribution in [2.75, 3.05) is 4.90 Å². The monoisotopic (exact) mass is 369 g/mol. The lowest BCUT2D eigenvalue weighted by Gasteiger charge is -2.35. The van der Waals surface area contributed by atoms with Gasteiger partial charge < -0.3 is 4.74 Å². The van der Waals surface area contributed by atoms with E-state index in [0.29, 0.717) is 21.8 Å². The second-order valence-electron chi connectivity index (χ2n) is 5.45. The SMILES string of the molecule is O=C1O[C@H](c2cccs2)N(C(=O)c2ccccc2Cl)c2ccccc21. The van der Waals surface area contributed by atoms with Crippen LogP contribution in [0.15, 0.2) is 66.0 Å². The molecule has 4 nitrogen and oxygen atoms in total. The van der Waals surface area contributed by atoms with Gasteiger partial charge in [-0.1, -0.05) is 41.9 Å². The van der Waals surface area contributed by atoms with Crippen LogP contribution in [0.25, 0.3) is 0 Å². The first kappa shape index (κ1) is 15.9. The maximum absolute atomic E-state index is 13.3. The fourth-order valence-corrected chi connectivity index (χ4v) is 3.76. The van der Waals surface area contributed by atoms with Crippen molar-refractivity contribution in [3.05, 3.63) is 87.1 Å². The number of hydrogen-bond donors (Lipinski definition) is 0. The van der Waals surface area contributed by atoms with E-state index < -0.39 is 12.2 Å². The Morgan fingerprint density at radius 2 is 1.80 bits per heavy atom. The van der Waals surface area contributed by atoms with Gasteiger partial charge in [0, 0.05) is 0 Å². The minimum Gasteiger partial charge on any atom is -0.432 e. The Morgan fingerprint density at radius 1 is 1.04 bits per heavy atom. The number of anilines is 1. The molecule has 0 radical (unpaired) electrons. The molecule has 6 heteroatoms. The van der Waals surface area contributed by atoms with Crippen molar-refractivity contribution in [3.63, 3.8) is 0 Å². The van der Waals surface area contributed by atoms with E-state index in [1.54, 1.807) is 48.5 Å². The average molecular weight is 370 g/mol. The number of thiophene rings is 1. The molecule has 25 heavy (non-hydrogen) atoms. The third-order valence-electron chi connectivity index (χ3n) is 3.95. The van der Waals surface area contributed by atoms with E-state index in [1.165, 1.54) is 16.2 Å². The van der Waals surface area contributed by atoms with Crippen molar-refractivity contribution in [2.24, 2.45) is 0 Å². The van der Waals surface area contributed by atoms with E-state index in [0.717, 1.165) is 4.88 Å². The van der Waals surface area contributed by atoms with Crippen LogP contribution in [0.4, 0.5) is 5.69 Å². The lowest BCUT2D eigenvalue weighted by molar-refractivity contribution is 0.0257. The van der Waals surface area contributed by atoms with Crippen LogP contribution in [0.2, 0.25) is 5.02 Å². The standard InChI is InChI=1S/C19H12ClNO3S/c20-14-8-3-1-6-12(14)17(22)21-15-9-4-2-7-13(15)19(23)24-18(21)16-10-5-11-25-16/h1-11,18H/t18-/m1/s1. The van der Waals surface area contributed by atoms with Crippen molar-refractivity contribution in [1.29, 1.82) is 0 Å². The van der Waals surface area contributed by atoms with Gasteiger partial charge in [-0.15, -0.1) is 11.3 Å². The number of fused-ring (bicyclic) bond motifs is 1. The van der Waals surface area contributed by atoms with Crippen LogP contribution in [0, 0.1) is 0 Å². The Hall–Kier alpha value is -2.63. The number of nitrogens with zero attached hydrogens (tertiary/aromatic N) is 1. The van der Waals surface area contributed by atoms with Crippen molar-refractivity contribution >= 4 is 40.5 Å². The van der Waals surface area contributed by atoms with E-state index in [1.807, 2.05) is 17.5 Å². The van der Waals surface area contributed by atoms with Crippen LogP contribution in [0.3, 0.4) is 0 Å². The fraction of sp³-hybridized carbons (Fsp3) is 0.0526. The van der Waals surface area contributed by atoms with Crippen molar-refractivity contribution in [1.82, 2.24) is 0 Å². The predicted molar refractivity (Wildman–Crippen MR) is 97.2 cm³/mol. The summed E-state index contributed by atoms with van der Waals surface area (Å²) in [6, 6.07) is 17.4. The zero-order valence-corrected chi connectivity index (χ0v) is 14.5. The summed E-state index contributed by atoms with van der Waals surface area (Å²) in [6.45, 7) is 0. The van der Waals surface area contributed by atoms with Gasteiger partial charge in [0.05, 0.1) is 26.7 Å². The van der Waals surface area contributed by atoms with Crippen LogP contribution in [0.5, 0.6) is 0 Å². The highest BCUT2D eigenvalue weighted by Gasteiger charge is 2.38. The largest absolute Gasteiger partial charge is 0.432 e. The third kappa shape index (κ3) is 2.71. The van der Waals surface area contributed by atoms with E-state index >= 15 is 0 Å². The Kier molecular flexibility index (Phi) is 4.03. The fourth-order valence-electron chi connectivity index (χ4n) is 2.80. The molecule has 0 unspecified atom stereocenters. The van der Waals surface area contributed by atoms with E-state index in [4.69, 9.17) is 16.3 Å². The molecule has 3 aromatic rings. The smallest absolute Gasteiger partial charge is 0.342 e. The van der Waals surface area contributed by atoms with Gasteiger partial charge in [-0.2, -0.15) is 0 Å². The summed E-state index contributed by atoms with van der Waals surface area (Å²) >= 11 is 7.64. The summed E-state index contributed by atoms with van der Waals surface area (Å²) in [7, 11) is 0. The van der Waals surface area contributed by atoms with Gasteiger partial charge in [0.25, 0.3) is 5.91 Å². The minimum atomic E-state index is -0.814. The Labute approximate surface area is 153 Å².